The van der Waals surface area contributed by atoms with E-state index in [1.54, 1.807) is 18.2 Å². The number of carbonyl (C=O) groups excluding carboxylic acids is 2. The highest BCUT2D eigenvalue weighted by molar-refractivity contribution is 6.00. The van der Waals surface area contributed by atoms with Crippen LogP contribution in [0.5, 0.6) is 5.75 Å². The first-order chi connectivity index (χ1) is 15.5. The molecule has 1 aromatic heterocycles. The van der Waals surface area contributed by atoms with Crippen molar-refractivity contribution in [3.8, 4) is 5.75 Å². The van der Waals surface area contributed by atoms with Crippen LogP contribution in [0, 0.1) is 0 Å². The second-order valence-corrected chi connectivity index (χ2v) is 8.25. The Kier molecular flexibility index (Phi) is 5.18. The topological polar surface area (TPSA) is 108 Å². The maximum absolute atomic E-state index is 12.6. The third-order valence-electron chi connectivity index (χ3n) is 5.97. The largest absolute Gasteiger partial charge is 0.492 e. The van der Waals surface area contributed by atoms with E-state index >= 15 is 0 Å². The molecule has 3 aromatic rings. The van der Waals surface area contributed by atoms with E-state index in [-0.39, 0.29) is 24.3 Å². The molecule has 3 heterocycles. The van der Waals surface area contributed by atoms with Gasteiger partial charge in [-0.1, -0.05) is 0 Å². The van der Waals surface area contributed by atoms with Crippen molar-refractivity contribution in [2.75, 3.05) is 43.0 Å². The number of ketones is 1. The summed E-state index contributed by atoms with van der Waals surface area (Å²) in [5.41, 5.74) is 3.23. The number of aromatic amines is 1. The van der Waals surface area contributed by atoms with Crippen molar-refractivity contribution in [2.45, 2.75) is 19.4 Å². The van der Waals surface area contributed by atoms with Crippen molar-refractivity contribution in [3.63, 3.8) is 0 Å². The monoisotopic (exact) mass is 436 g/mol. The normalized spacial score (nSPS) is 19.0. The van der Waals surface area contributed by atoms with Gasteiger partial charge in [0.25, 0.3) is 0 Å². The molecule has 0 bridgehead atoms. The highest BCUT2D eigenvalue weighted by Gasteiger charge is 2.27. The van der Waals surface area contributed by atoms with Gasteiger partial charge in [0, 0.05) is 49.5 Å². The van der Waals surface area contributed by atoms with E-state index in [1.165, 1.54) is 0 Å². The van der Waals surface area contributed by atoms with Crippen molar-refractivity contribution in [1.29, 1.82) is 0 Å². The van der Waals surface area contributed by atoms with Gasteiger partial charge < -0.3 is 19.4 Å². The summed E-state index contributed by atoms with van der Waals surface area (Å²) in [7, 11) is 0. The molecule has 0 spiro atoms. The smallest absolute Gasteiger partial charge is 0.417 e. The highest BCUT2D eigenvalue weighted by atomic mass is 16.5. The zero-order valence-corrected chi connectivity index (χ0v) is 17.7. The molecule has 0 saturated carbocycles. The molecule has 0 unspecified atom stereocenters. The van der Waals surface area contributed by atoms with E-state index in [1.807, 2.05) is 18.2 Å². The maximum Gasteiger partial charge on any atom is 0.417 e. The van der Waals surface area contributed by atoms with Gasteiger partial charge in [-0.3, -0.25) is 19.5 Å². The van der Waals surface area contributed by atoms with Crippen molar-refractivity contribution in [1.82, 2.24) is 9.88 Å². The number of amides is 1. The van der Waals surface area contributed by atoms with Crippen LogP contribution in [0.15, 0.2) is 45.6 Å². The summed E-state index contributed by atoms with van der Waals surface area (Å²) in [6, 6.07) is 11.0. The molecular weight excluding hydrogens is 412 g/mol. The fraction of sp³-hybridized carbons (Fsp3) is 0.348. The number of aromatic nitrogens is 1. The Hall–Kier alpha value is -3.59. The fourth-order valence-electron chi connectivity index (χ4n) is 4.42. The molecule has 9 heteroatoms. The molecule has 0 aliphatic carbocycles. The van der Waals surface area contributed by atoms with Gasteiger partial charge in [-0.15, -0.1) is 0 Å². The first-order valence-electron chi connectivity index (χ1n) is 10.7. The van der Waals surface area contributed by atoms with E-state index in [0.717, 1.165) is 25.3 Å². The minimum Gasteiger partial charge on any atom is -0.492 e. The average Bonchev–Trinajstić information content (AvgIpc) is 3.13. The van der Waals surface area contributed by atoms with Gasteiger partial charge in [0.1, 0.15) is 5.75 Å². The molecule has 1 saturated heterocycles. The summed E-state index contributed by atoms with van der Waals surface area (Å²) in [5.74, 6) is 0.129. The number of carbonyl (C=O) groups is 2. The Bertz CT molecular complexity index is 1250. The molecular formula is C23H24N4O5. The number of anilines is 2. The second-order valence-electron chi connectivity index (χ2n) is 8.25. The van der Waals surface area contributed by atoms with Crippen LogP contribution in [0.3, 0.4) is 0 Å². The van der Waals surface area contributed by atoms with Crippen LogP contribution < -0.4 is 20.7 Å². The van der Waals surface area contributed by atoms with Crippen molar-refractivity contribution >= 4 is 34.2 Å². The Morgan fingerprint density at radius 2 is 2.06 bits per heavy atom. The van der Waals surface area contributed by atoms with Gasteiger partial charge in [0.15, 0.2) is 11.4 Å². The number of piperazine rings is 1. The molecule has 32 heavy (non-hydrogen) atoms. The number of Topliss-reactive ketones (excluding diaryl/α,β-unsaturated/α-hetero) is 1. The van der Waals surface area contributed by atoms with Crippen LogP contribution in [0.25, 0.3) is 11.1 Å². The third kappa shape index (κ3) is 3.99. The summed E-state index contributed by atoms with van der Waals surface area (Å²) in [6.45, 7) is 5.03. The van der Waals surface area contributed by atoms with E-state index < -0.39 is 5.76 Å². The molecule has 2 aromatic carbocycles. The number of hydrogen-bond donors (Lipinski definition) is 2. The number of ether oxygens (including phenoxy) is 1. The SMILES string of the molecule is C[C@@H]1CN(CC(=O)Nc2ccc3[nH]c(=O)oc3c2)CCN1c1ccc2c(c1)C(=O)CCO2. The number of nitrogens with zero attached hydrogens (tertiary/aromatic N) is 2. The number of oxazole rings is 1. The first-order valence-corrected chi connectivity index (χ1v) is 10.7. The molecule has 2 N–H and O–H groups in total. The highest BCUT2D eigenvalue weighted by Crippen LogP contribution is 2.31. The van der Waals surface area contributed by atoms with Crippen LogP contribution in [0.4, 0.5) is 11.4 Å². The number of fused-ring (bicyclic) bond motifs is 2. The lowest BCUT2D eigenvalue weighted by molar-refractivity contribution is -0.117. The van der Waals surface area contributed by atoms with Gasteiger partial charge >= 0.3 is 5.76 Å². The molecule has 1 fully saturated rings. The Morgan fingerprint density at radius 3 is 2.91 bits per heavy atom. The van der Waals surface area contributed by atoms with E-state index in [0.29, 0.717) is 41.1 Å². The van der Waals surface area contributed by atoms with Gasteiger partial charge in [-0.25, -0.2) is 4.79 Å². The quantitative estimate of drug-likeness (QED) is 0.646. The first kappa shape index (κ1) is 20.3. The standard InChI is InChI=1S/C23H24N4O5/c1-14-12-26(13-22(29)24-15-2-4-18-21(10-15)32-23(30)25-18)7-8-27(14)16-3-5-20-17(11-16)19(28)6-9-31-20/h2-5,10-11,14H,6-9,12-13H2,1H3,(H,24,29)(H,25,30)/t14-/m1/s1. The number of benzene rings is 2. The number of hydrogen-bond acceptors (Lipinski definition) is 7. The molecule has 5 rings (SSSR count). The summed E-state index contributed by atoms with van der Waals surface area (Å²) >= 11 is 0. The van der Waals surface area contributed by atoms with Crippen molar-refractivity contribution in [2.24, 2.45) is 0 Å². The Balaban J connectivity index is 1.20. The predicted molar refractivity (Wildman–Crippen MR) is 120 cm³/mol. The zero-order chi connectivity index (χ0) is 22.2. The summed E-state index contributed by atoms with van der Waals surface area (Å²) in [4.78, 5) is 43.0. The molecule has 2 aliphatic heterocycles. The number of nitrogens with one attached hydrogen (secondary N) is 2. The molecule has 9 nitrogen and oxygen atoms in total. The Labute approximate surface area is 183 Å². The van der Waals surface area contributed by atoms with Gasteiger partial charge in [0.2, 0.25) is 5.91 Å². The number of H-pyrrole nitrogens is 1. The zero-order valence-electron chi connectivity index (χ0n) is 17.7. The van der Waals surface area contributed by atoms with E-state index in [2.05, 4.69) is 27.0 Å². The average molecular weight is 436 g/mol. The van der Waals surface area contributed by atoms with Crippen LogP contribution >= 0.6 is 0 Å². The van der Waals surface area contributed by atoms with Crippen LogP contribution in [-0.4, -0.2) is 60.4 Å². The molecule has 2 aliphatic rings. The van der Waals surface area contributed by atoms with E-state index in [9.17, 15) is 14.4 Å². The lowest BCUT2D eigenvalue weighted by atomic mass is 10.0. The van der Waals surface area contributed by atoms with Crippen molar-refractivity contribution < 1.29 is 18.7 Å². The van der Waals surface area contributed by atoms with Crippen molar-refractivity contribution in [3.05, 3.63) is 52.5 Å². The lowest BCUT2D eigenvalue weighted by Crippen LogP contribution is -2.53. The predicted octanol–water partition coefficient (Wildman–Crippen LogP) is 2.24. The summed E-state index contributed by atoms with van der Waals surface area (Å²) in [6.07, 6.45) is 0.415. The Morgan fingerprint density at radius 1 is 1.19 bits per heavy atom. The second kappa shape index (κ2) is 8.16. The van der Waals surface area contributed by atoms with Crippen LogP contribution in [0.2, 0.25) is 0 Å². The fourth-order valence-corrected chi connectivity index (χ4v) is 4.42. The molecule has 166 valence electrons. The maximum atomic E-state index is 12.6. The molecule has 0 radical (unpaired) electrons. The van der Waals surface area contributed by atoms with Gasteiger partial charge in [0.05, 0.1) is 24.2 Å². The number of rotatable bonds is 4. The van der Waals surface area contributed by atoms with Crippen LogP contribution in [-0.2, 0) is 4.79 Å². The molecule has 1 atom stereocenters. The molecule has 1 amide bonds. The van der Waals surface area contributed by atoms with E-state index in [4.69, 9.17) is 9.15 Å². The lowest BCUT2D eigenvalue weighted by Gasteiger charge is -2.41. The minimum atomic E-state index is -0.522. The van der Waals surface area contributed by atoms with Crippen LogP contribution in [0.1, 0.15) is 23.7 Å². The summed E-state index contributed by atoms with van der Waals surface area (Å²) < 4.78 is 10.6. The third-order valence-corrected chi connectivity index (χ3v) is 5.97. The minimum absolute atomic E-state index is 0.119. The van der Waals surface area contributed by atoms with Gasteiger partial charge in [-0.2, -0.15) is 0 Å². The summed E-state index contributed by atoms with van der Waals surface area (Å²) in [5, 5.41) is 2.87. The van der Waals surface area contributed by atoms with Gasteiger partial charge in [-0.05, 0) is 37.3 Å².